The highest BCUT2D eigenvalue weighted by Gasteiger charge is 2.27. The van der Waals surface area contributed by atoms with Crippen LogP contribution < -0.4 is 10.2 Å². The summed E-state index contributed by atoms with van der Waals surface area (Å²) < 4.78 is 5.17. The molecule has 144 valence electrons. The van der Waals surface area contributed by atoms with Crippen LogP contribution >= 0.6 is 0 Å². The van der Waals surface area contributed by atoms with Crippen LogP contribution in [0.3, 0.4) is 0 Å². The lowest BCUT2D eigenvalue weighted by Crippen LogP contribution is -2.38. The number of aromatic nitrogens is 2. The molecule has 1 aromatic heterocycles. The summed E-state index contributed by atoms with van der Waals surface area (Å²) in [7, 11) is 0. The number of benzene rings is 1. The van der Waals surface area contributed by atoms with E-state index in [1.54, 1.807) is 0 Å². The summed E-state index contributed by atoms with van der Waals surface area (Å²) in [5.74, 6) is 1.63. The minimum absolute atomic E-state index is 0.00209. The zero-order valence-corrected chi connectivity index (χ0v) is 16.0. The minimum atomic E-state index is -0.0693. The van der Waals surface area contributed by atoms with Gasteiger partial charge in [0.15, 0.2) is 0 Å². The molecule has 1 aliphatic heterocycles. The van der Waals surface area contributed by atoms with Gasteiger partial charge in [-0.3, -0.25) is 4.79 Å². The van der Waals surface area contributed by atoms with Crippen LogP contribution in [0.5, 0.6) is 0 Å². The first-order valence-corrected chi connectivity index (χ1v) is 10.2. The van der Waals surface area contributed by atoms with Crippen LogP contribution in [0.2, 0.25) is 0 Å². The first-order valence-electron chi connectivity index (χ1n) is 10.2. The third-order valence-corrected chi connectivity index (χ3v) is 5.69. The van der Waals surface area contributed by atoms with Crippen molar-refractivity contribution in [2.24, 2.45) is 5.92 Å². The van der Waals surface area contributed by atoms with Crippen molar-refractivity contribution >= 4 is 28.6 Å². The number of para-hydroxylation sites is 1. The van der Waals surface area contributed by atoms with Crippen molar-refractivity contribution in [3.8, 4) is 0 Å². The molecule has 0 amide bonds. The van der Waals surface area contributed by atoms with Crippen LogP contribution in [-0.2, 0) is 9.53 Å². The zero-order chi connectivity index (χ0) is 18.6. The average Bonchev–Trinajstić information content (AvgIpc) is 3.21. The molecule has 0 atom stereocenters. The van der Waals surface area contributed by atoms with E-state index in [1.165, 1.54) is 25.7 Å². The standard InChI is InChI=1S/C21H28N4O2/c1-2-27-20(26)15-11-13-25(14-12-15)21-23-18-10-6-5-9-17(18)19(24-21)22-16-7-3-4-8-16/h5-6,9-10,15-16H,2-4,7-8,11-14H2,1H3,(H,22,23,24). The predicted molar refractivity (Wildman–Crippen MR) is 107 cm³/mol. The highest BCUT2D eigenvalue weighted by molar-refractivity contribution is 5.90. The summed E-state index contributed by atoms with van der Waals surface area (Å²) in [4.78, 5) is 23.9. The molecule has 6 nitrogen and oxygen atoms in total. The van der Waals surface area contributed by atoms with Crippen LogP contribution in [0.25, 0.3) is 10.9 Å². The second-order valence-corrected chi connectivity index (χ2v) is 7.53. The number of nitrogens with zero attached hydrogens (tertiary/aromatic N) is 3. The van der Waals surface area contributed by atoms with E-state index in [4.69, 9.17) is 14.7 Å². The Morgan fingerprint density at radius 1 is 1.15 bits per heavy atom. The molecule has 1 N–H and O–H groups in total. The van der Waals surface area contributed by atoms with Gasteiger partial charge in [-0.05, 0) is 44.7 Å². The van der Waals surface area contributed by atoms with Crippen molar-refractivity contribution in [2.75, 3.05) is 29.9 Å². The fourth-order valence-corrected chi connectivity index (χ4v) is 4.15. The van der Waals surface area contributed by atoms with Crippen LogP contribution in [0, 0.1) is 5.92 Å². The molecular weight excluding hydrogens is 340 g/mol. The molecule has 2 heterocycles. The Kier molecular flexibility index (Phi) is 5.41. The van der Waals surface area contributed by atoms with E-state index < -0.39 is 0 Å². The number of rotatable bonds is 5. The largest absolute Gasteiger partial charge is 0.466 e. The Labute approximate surface area is 160 Å². The summed E-state index contributed by atoms with van der Waals surface area (Å²) in [6.07, 6.45) is 6.57. The van der Waals surface area contributed by atoms with Gasteiger partial charge in [-0.2, -0.15) is 4.98 Å². The Morgan fingerprint density at radius 3 is 2.63 bits per heavy atom. The van der Waals surface area contributed by atoms with Crippen molar-refractivity contribution in [1.82, 2.24) is 9.97 Å². The van der Waals surface area contributed by atoms with E-state index in [1.807, 2.05) is 25.1 Å². The van der Waals surface area contributed by atoms with E-state index in [0.29, 0.717) is 12.6 Å². The summed E-state index contributed by atoms with van der Waals surface area (Å²) in [6, 6.07) is 8.70. The van der Waals surface area contributed by atoms with Crippen LogP contribution in [-0.4, -0.2) is 41.7 Å². The van der Waals surface area contributed by atoms with Crippen molar-refractivity contribution < 1.29 is 9.53 Å². The van der Waals surface area contributed by atoms with Crippen molar-refractivity contribution in [2.45, 2.75) is 51.5 Å². The molecule has 2 aliphatic rings. The first kappa shape index (κ1) is 18.0. The molecule has 1 saturated carbocycles. The van der Waals surface area contributed by atoms with Gasteiger partial charge in [0, 0.05) is 24.5 Å². The van der Waals surface area contributed by atoms with Gasteiger partial charge in [-0.15, -0.1) is 0 Å². The number of hydrogen-bond donors (Lipinski definition) is 1. The molecule has 2 aromatic rings. The van der Waals surface area contributed by atoms with Crippen molar-refractivity contribution in [3.63, 3.8) is 0 Å². The number of fused-ring (bicyclic) bond motifs is 1. The predicted octanol–water partition coefficient (Wildman–Crippen LogP) is 3.76. The quantitative estimate of drug-likeness (QED) is 0.811. The summed E-state index contributed by atoms with van der Waals surface area (Å²) in [6.45, 7) is 3.87. The van der Waals surface area contributed by atoms with Gasteiger partial charge in [0.25, 0.3) is 0 Å². The fraction of sp³-hybridized carbons (Fsp3) is 0.571. The van der Waals surface area contributed by atoms with Gasteiger partial charge >= 0.3 is 5.97 Å². The molecule has 27 heavy (non-hydrogen) atoms. The van der Waals surface area contributed by atoms with Gasteiger partial charge in [-0.1, -0.05) is 25.0 Å². The molecule has 0 unspecified atom stereocenters. The van der Waals surface area contributed by atoms with E-state index in [-0.39, 0.29) is 11.9 Å². The van der Waals surface area contributed by atoms with E-state index in [9.17, 15) is 4.79 Å². The SMILES string of the molecule is CCOC(=O)C1CCN(c2nc(NC3CCCC3)c3ccccc3n2)CC1. The molecule has 0 bridgehead atoms. The molecule has 1 aliphatic carbocycles. The first-order chi connectivity index (χ1) is 13.2. The molecule has 1 saturated heterocycles. The smallest absolute Gasteiger partial charge is 0.309 e. The summed E-state index contributed by atoms with van der Waals surface area (Å²) in [5.41, 5.74) is 0.968. The monoisotopic (exact) mass is 368 g/mol. The number of carbonyl (C=O) groups excluding carboxylic acids is 1. The Hall–Kier alpha value is -2.37. The van der Waals surface area contributed by atoms with Crippen molar-refractivity contribution in [3.05, 3.63) is 24.3 Å². The molecule has 0 spiro atoms. The maximum absolute atomic E-state index is 12.0. The highest BCUT2D eigenvalue weighted by atomic mass is 16.5. The number of ether oxygens (including phenoxy) is 1. The molecule has 4 rings (SSSR count). The Bertz CT molecular complexity index is 796. The van der Waals surface area contributed by atoms with Crippen LogP contribution in [0.15, 0.2) is 24.3 Å². The molecule has 1 aromatic carbocycles. The average molecular weight is 368 g/mol. The number of nitrogens with one attached hydrogen (secondary N) is 1. The Balaban J connectivity index is 1.54. The van der Waals surface area contributed by atoms with E-state index >= 15 is 0 Å². The van der Waals surface area contributed by atoms with Gasteiger partial charge in [0.2, 0.25) is 5.95 Å². The topological polar surface area (TPSA) is 67.3 Å². The lowest BCUT2D eigenvalue weighted by molar-refractivity contribution is -0.148. The molecule has 6 heteroatoms. The summed E-state index contributed by atoms with van der Waals surface area (Å²) in [5, 5.41) is 4.73. The van der Waals surface area contributed by atoms with E-state index in [0.717, 1.165) is 48.6 Å². The number of hydrogen-bond acceptors (Lipinski definition) is 6. The zero-order valence-electron chi connectivity index (χ0n) is 16.0. The number of carbonyl (C=O) groups is 1. The lowest BCUT2D eigenvalue weighted by atomic mass is 9.97. The lowest BCUT2D eigenvalue weighted by Gasteiger charge is -2.31. The number of anilines is 2. The van der Waals surface area contributed by atoms with Crippen LogP contribution in [0.1, 0.15) is 45.4 Å². The second-order valence-electron chi connectivity index (χ2n) is 7.53. The Morgan fingerprint density at radius 2 is 1.89 bits per heavy atom. The minimum Gasteiger partial charge on any atom is -0.466 e. The number of piperidine rings is 1. The third kappa shape index (κ3) is 3.99. The molecule has 0 radical (unpaired) electrons. The van der Waals surface area contributed by atoms with Crippen molar-refractivity contribution in [1.29, 1.82) is 0 Å². The van der Waals surface area contributed by atoms with E-state index in [2.05, 4.69) is 16.3 Å². The van der Waals surface area contributed by atoms with Gasteiger partial charge in [0.05, 0.1) is 18.0 Å². The van der Waals surface area contributed by atoms with Crippen LogP contribution in [0.4, 0.5) is 11.8 Å². The van der Waals surface area contributed by atoms with Gasteiger partial charge in [-0.25, -0.2) is 4.98 Å². The molecule has 2 fully saturated rings. The highest BCUT2D eigenvalue weighted by Crippen LogP contribution is 2.29. The fourth-order valence-electron chi connectivity index (χ4n) is 4.15. The second kappa shape index (κ2) is 8.11. The maximum atomic E-state index is 12.0. The normalized spacial score (nSPS) is 18.8. The van der Waals surface area contributed by atoms with Gasteiger partial charge in [0.1, 0.15) is 5.82 Å². The third-order valence-electron chi connectivity index (χ3n) is 5.69. The number of esters is 1. The summed E-state index contributed by atoms with van der Waals surface area (Å²) >= 11 is 0. The maximum Gasteiger partial charge on any atom is 0.309 e. The molecular formula is C21H28N4O2. The van der Waals surface area contributed by atoms with Gasteiger partial charge < -0.3 is 15.0 Å².